The zero-order valence-corrected chi connectivity index (χ0v) is 11.7. The molecule has 2 aromatic carbocycles. The first-order chi connectivity index (χ1) is 8.43. The molecule has 0 aliphatic heterocycles. The maximum atomic E-state index is 6.38. The van der Waals surface area contributed by atoms with Gasteiger partial charge in [0.15, 0.2) is 0 Å². The minimum Gasteiger partial charge on any atom is -0.397 e. The lowest BCUT2D eigenvalue weighted by Crippen LogP contribution is -2.03. The van der Waals surface area contributed by atoms with Crippen LogP contribution in [0.2, 0.25) is 10.0 Å². The number of hydrogen-bond donors (Lipinski definition) is 2. The third kappa shape index (κ3) is 2.02. The maximum absolute atomic E-state index is 6.38. The average molecular weight is 281 g/mol. The second-order valence-electron chi connectivity index (χ2n) is 4.27. The Morgan fingerprint density at radius 1 is 0.833 bits per heavy atom. The minimum atomic E-state index is 0.551. The molecule has 0 saturated heterocycles. The van der Waals surface area contributed by atoms with Gasteiger partial charge in [-0.15, -0.1) is 0 Å². The van der Waals surface area contributed by atoms with Crippen molar-refractivity contribution >= 4 is 34.6 Å². The predicted octanol–water partition coefficient (Wildman–Crippen LogP) is 4.44. The van der Waals surface area contributed by atoms with Gasteiger partial charge >= 0.3 is 0 Å². The molecule has 0 aromatic heterocycles. The van der Waals surface area contributed by atoms with Gasteiger partial charge in [-0.2, -0.15) is 0 Å². The predicted molar refractivity (Wildman–Crippen MR) is 80.2 cm³/mol. The number of anilines is 2. The standard InChI is InChI=1S/C14H14Cl2N2/c1-7-11(9-3-5-10(15)6-4-9)12(16)8(2)14(18)13(7)17/h3-6H,17-18H2,1-2H3. The number of halogens is 2. The first-order valence-corrected chi connectivity index (χ1v) is 6.28. The van der Waals surface area contributed by atoms with Gasteiger partial charge in [-0.25, -0.2) is 0 Å². The minimum absolute atomic E-state index is 0.551. The summed E-state index contributed by atoms with van der Waals surface area (Å²) >= 11 is 12.3. The average Bonchev–Trinajstić information content (AvgIpc) is 2.36. The van der Waals surface area contributed by atoms with Crippen LogP contribution < -0.4 is 11.5 Å². The second kappa shape index (κ2) is 4.71. The van der Waals surface area contributed by atoms with E-state index in [1.54, 1.807) is 0 Å². The summed E-state index contributed by atoms with van der Waals surface area (Å²) in [4.78, 5) is 0. The molecule has 2 rings (SSSR count). The van der Waals surface area contributed by atoms with Crippen LogP contribution in [0.25, 0.3) is 11.1 Å². The Morgan fingerprint density at radius 2 is 1.33 bits per heavy atom. The Kier molecular flexibility index (Phi) is 3.42. The van der Waals surface area contributed by atoms with Crippen LogP contribution in [-0.2, 0) is 0 Å². The van der Waals surface area contributed by atoms with Crippen molar-refractivity contribution in [1.29, 1.82) is 0 Å². The molecule has 0 bridgehead atoms. The highest BCUT2D eigenvalue weighted by atomic mass is 35.5. The van der Waals surface area contributed by atoms with E-state index in [9.17, 15) is 0 Å². The van der Waals surface area contributed by atoms with Crippen LogP contribution in [0.15, 0.2) is 24.3 Å². The summed E-state index contributed by atoms with van der Waals surface area (Å²) in [5.74, 6) is 0. The van der Waals surface area contributed by atoms with Crippen LogP contribution in [0, 0.1) is 13.8 Å². The molecule has 0 atom stereocenters. The molecule has 0 heterocycles. The third-order valence-corrected chi connectivity index (χ3v) is 3.88. The molecule has 4 N–H and O–H groups in total. The molecule has 0 spiro atoms. The van der Waals surface area contributed by atoms with E-state index in [-0.39, 0.29) is 0 Å². The summed E-state index contributed by atoms with van der Waals surface area (Å²) in [6.07, 6.45) is 0. The quantitative estimate of drug-likeness (QED) is 0.759. The summed E-state index contributed by atoms with van der Waals surface area (Å²) in [7, 11) is 0. The molecule has 18 heavy (non-hydrogen) atoms. The molecular formula is C14H14Cl2N2. The largest absolute Gasteiger partial charge is 0.397 e. The second-order valence-corrected chi connectivity index (χ2v) is 5.09. The lowest BCUT2D eigenvalue weighted by Gasteiger charge is -2.16. The van der Waals surface area contributed by atoms with Crippen molar-refractivity contribution in [1.82, 2.24) is 0 Å². The summed E-state index contributed by atoms with van der Waals surface area (Å²) in [5.41, 5.74) is 16.7. The molecule has 0 aliphatic rings. The summed E-state index contributed by atoms with van der Waals surface area (Å²) in [6.45, 7) is 3.79. The zero-order chi connectivity index (χ0) is 13.4. The van der Waals surface area contributed by atoms with E-state index in [4.69, 9.17) is 34.7 Å². The molecule has 0 amide bonds. The topological polar surface area (TPSA) is 52.0 Å². The van der Waals surface area contributed by atoms with Gasteiger partial charge in [0.2, 0.25) is 0 Å². The van der Waals surface area contributed by atoms with E-state index in [0.717, 1.165) is 22.3 Å². The van der Waals surface area contributed by atoms with Gasteiger partial charge < -0.3 is 11.5 Å². The lowest BCUT2D eigenvalue weighted by atomic mass is 9.95. The van der Waals surface area contributed by atoms with E-state index < -0.39 is 0 Å². The van der Waals surface area contributed by atoms with Gasteiger partial charge in [-0.3, -0.25) is 0 Å². The normalized spacial score (nSPS) is 10.7. The van der Waals surface area contributed by atoms with Crippen molar-refractivity contribution < 1.29 is 0 Å². The molecule has 94 valence electrons. The molecule has 4 heteroatoms. The zero-order valence-electron chi connectivity index (χ0n) is 10.2. The van der Waals surface area contributed by atoms with E-state index in [1.807, 2.05) is 38.1 Å². The van der Waals surface area contributed by atoms with Crippen LogP contribution in [0.4, 0.5) is 11.4 Å². The van der Waals surface area contributed by atoms with Crippen molar-refractivity contribution in [2.75, 3.05) is 11.5 Å². The monoisotopic (exact) mass is 280 g/mol. The summed E-state index contributed by atoms with van der Waals surface area (Å²) in [5, 5.41) is 1.33. The van der Waals surface area contributed by atoms with Crippen LogP contribution in [0.3, 0.4) is 0 Å². The lowest BCUT2D eigenvalue weighted by molar-refractivity contribution is 1.39. The van der Waals surface area contributed by atoms with Gasteiger partial charge in [0.05, 0.1) is 16.4 Å². The highest BCUT2D eigenvalue weighted by Gasteiger charge is 2.16. The highest BCUT2D eigenvalue weighted by Crippen LogP contribution is 2.40. The molecule has 0 aliphatic carbocycles. The fourth-order valence-electron chi connectivity index (χ4n) is 1.97. The maximum Gasteiger partial charge on any atom is 0.0595 e. The first-order valence-electron chi connectivity index (χ1n) is 5.53. The third-order valence-electron chi connectivity index (χ3n) is 3.15. The summed E-state index contributed by atoms with van der Waals surface area (Å²) in [6, 6.07) is 7.50. The fourth-order valence-corrected chi connectivity index (χ4v) is 2.45. The SMILES string of the molecule is Cc1c(N)c(N)c(C)c(-c2ccc(Cl)cc2)c1Cl. The van der Waals surface area contributed by atoms with Crippen molar-refractivity contribution in [2.24, 2.45) is 0 Å². The molecule has 0 saturated carbocycles. The van der Waals surface area contributed by atoms with Gasteiger partial charge in [0, 0.05) is 10.6 Å². The van der Waals surface area contributed by atoms with Crippen LogP contribution in [0.5, 0.6) is 0 Å². The number of nitrogen functional groups attached to an aromatic ring is 2. The molecule has 0 fully saturated rings. The van der Waals surface area contributed by atoms with E-state index in [0.29, 0.717) is 21.4 Å². The van der Waals surface area contributed by atoms with Gasteiger partial charge in [0.1, 0.15) is 0 Å². The van der Waals surface area contributed by atoms with E-state index in [1.165, 1.54) is 0 Å². The van der Waals surface area contributed by atoms with Crippen molar-refractivity contribution in [3.8, 4) is 11.1 Å². The van der Waals surface area contributed by atoms with Crippen molar-refractivity contribution in [2.45, 2.75) is 13.8 Å². The Balaban J connectivity index is 2.75. The van der Waals surface area contributed by atoms with Gasteiger partial charge in [-0.1, -0.05) is 35.3 Å². The fraction of sp³-hybridized carbons (Fsp3) is 0.143. The van der Waals surface area contributed by atoms with Crippen LogP contribution >= 0.6 is 23.2 Å². The molecule has 2 nitrogen and oxygen atoms in total. The Labute approximate surface area is 117 Å². The Morgan fingerprint density at radius 3 is 1.89 bits per heavy atom. The van der Waals surface area contributed by atoms with E-state index >= 15 is 0 Å². The number of nitrogens with two attached hydrogens (primary N) is 2. The molecule has 0 radical (unpaired) electrons. The number of benzene rings is 2. The van der Waals surface area contributed by atoms with Crippen LogP contribution in [-0.4, -0.2) is 0 Å². The molecular weight excluding hydrogens is 267 g/mol. The van der Waals surface area contributed by atoms with Crippen molar-refractivity contribution in [3.05, 3.63) is 45.4 Å². The first kappa shape index (κ1) is 13.1. The summed E-state index contributed by atoms with van der Waals surface area (Å²) < 4.78 is 0. The van der Waals surface area contributed by atoms with Crippen molar-refractivity contribution in [3.63, 3.8) is 0 Å². The number of hydrogen-bond acceptors (Lipinski definition) is 2. The van der Waals surface area contributed by atoms with Crippen LogP contribution in [0.1, 0.15) is 11.1 Å². The molecule has 2 aromatic rings. The smallest absolute Gasteiger partial charge is 0.0595 e. The van der Waals surface area contributed by atoms with Gasteiger partial charge in [0.25, 0.3) is 0 Å². The number of rotatable bonds is 1. The Hall–Kier alpha value is -1.38. The Bertz CT molecular complexity index is 575. The molecule has 0 unspecified atom stereocenters. The van der Waals surface area contributed by atoms with E-state index in [2.05, 4.69) is 0 Å². The van der Waals surface area contributed by atoms with Gasteiger partial charge in [-0.05, 0) is 42.7 Å². The highest BCUT2D eigenvalue weighted by molar-refractivity contribution is 6.35.